The first-order chi connectivity index (χ1) is 8.20. The quantitative estimate of drug-likeness (QED) is 0.864. The zero-order chi connectivity index (χ0) is 12.3. The first-order valence-corrected chi connectivity index (χ1v) is 6.18. The smallest absolute Gasteiger partial charge is 0.171 e. The second-order valence-corrected chi connectivity index (χ2v) is 4.78. The molecule has 1 saturated heterocycles. The Hall–Kier alpha value is -1.29. The van der Waals surface area contributed by atoms with Gasteiger partial charge in [-0.05, 0) is 32.4 Å². The van der Waals surface area contributed by atoms with Crippen molar-refractivity contribution in [3.63, 3.8) is 0 Å². The lowest BCUT2D eigenvalue weighted by atomic mass is 10.1. The fourth-order valence-electron chi connectivity index (χ4n) is 2.14. The molecule has 1 N–H and O–H groups in total. The lowest BCUT2D eigenvalue weighted by Crippen LogP contribution is -2.23. The average molecular weight is 236 g/mol. The summed E-state index contributed by atoms with van der Waals surface area (Å²) in [6, 6.07) is 3.84. The number of aliphatic hydroxyl groups excluding tert-OH is 1. The summed E-state index contributed by atoms with van der Waals surface area (Å²) < 4.78 is 5.76. The molecule has 4 nitrogen and oxygen atoms in total. The summed E-state index contributed by atoms with van der Waals surface area (Å²) in [6.07, 6.45) is 2.96. The molecule has 2 heterocycles. The molecule has 0 radical (unpaired) electrons. The monoisotopic (exact) mass is 236 g/mol. The maximum atomic E-state index is 9.17. The minimum Gasteiger partial charge on any atom is -0.487 e. The van der Waals surface area contributed by atoms with Crippen molar-refractivity contribution in [3.8, 4) is 5.75 Å². The number of hydrogen-bond acceptors (Lipinski definition) is 4. The van der Waals surface area contributed by atoms with E-state index >= 15 is 0 Å². The fourth-order valence-corrected chi connectivity index (χ4v) is 2.14. The van der Waals surface area contributed by atoms with Crippen molar-refractivity contribution in [2.24, 2.45) is 5.92 Å². The van der Waals surface area contributed by atoms with E-state index in [0.29, 0.717) is 5.92 Å². The normalized spacial score (nSPS) is 20.0. The van der Waals surface area contributed by atoms with Crippen LogP contribution >= 0.6 is 0 Å². The van der Waals surface area contributed by atoms with E-state index in [0.717, 1.165) is 31.1 Å². The summed E-state index contributed by atoms with van der Waals surface area (Å²) >= 11 is 0. The lowest BCUT2D eigenvalue weighted by molar-refractivity contribution is 0.237. The highest BCUT2D eigenvalue weighted by Crippen LogP contribution is 2.30. The third-order valence-corrected chi connectivity index (χ3v) is 2.96. The molecule has 0 aliphatic carbocycles. The Balaban J connectivity index is 2.14. The number of aromatic nitrogens is 1. The summed E-state index contributed by atoms with van der Waals surface area (Å²) in [5.41, 5.74) is 0. The number of hydrogen-bond donors (Lipinski definition) is 1. The summed E-state index contributed by atoms with van der Waals surface area (Å²) in [7, 11) is 0. The van der Waals surface area contributed by atoms with Crippen LogP contribution in [0, 0.1) is 5.92 Å². The van der Waals surface area contributed by atoms with Crippen molar-refractivity contribution in [1.82, 2.24) is 4.98 Å². The van der Waals surface area contributed by atoms with E-state index in [2.05, 4.69) is 9.88 Å². The van der Waals surface area contributed by atoms with Crippen LogP contribution in [-0.4, -0.2) is 35.9 Å². The van der Waals surface area contributed by atoms with E-state index in [4.69, 9.17) is 9.84 Å². The molecule has 2 rings (SSSR count). The second-order valence-electron chi connectivity index (χ2n) is 4.78. The van der Waals surface area contributed by atoms with E-state index in [1.807, 2.05) is 26.0 Å². The van der Waals surface area contributed by atoms with Crippen LogP contribution in [0.15, 0.2) is 18.3 Å². The standard InChI is InChI=1S/C13H20N2O2/c1-10(2)17-12-4-3-6-14-13(12)15-7-5-11(8-15)9-16/h3-4,6,10-11,16H,5,7-9H2,1-2H3. The molecule has 94 valence electrons. The zero-order valence-corrected chi connectivity index (χ0v) is 10.5. The molecule has 1 aromatic heterocycles. The molecule has 17 heavy (non-hydrogen) atoms. The molecule has 0 bridgehead atoms. The molecule has 1 fully saturated rings. The van der Waals surface area contributed by atoms with Crippen molar-refractivity contribution in [2.45, 2.75) is 26.4 Å². The maximum Gasteiger partial charge on any atom is 0.171 e. The predicted octanol–water partition coefficient (Wildman–Crippen LogP) is 1.69. The van der Waals surface area contributed by atoms with Crippen molar-refractivity contribution in [2.75, 3.05) is 24.6 Å². The molecule has 4 heteroatoms. The summed E-state index contributed by atoms with van der Waals surface area (Å²) in [5.74, 6) is 2.10. The molecule has 1 atom stereocenters. The minimum absolute atomic E-state index is 0.147. The first kappa shape index (κ1) is 12.2. The van der Waals surface area contributed by atoms with Gasteiger partial charge in [-0.25, -0.2) is 4.98 Å². The summed E-state index contributed by atoms with van der Waals surface area (Å²) in [6.45, 7) is 6.08. The van der Waals surface area contributed by atoms with E-state index in [9.17, 15) is 0 Å². The van der Waals surface area contributed by atoms with Crippen molar-refractivity contribution >= 4 is 5.82 Å². The van der Waals surface area contributed by atoms with Gasteiger partial charge >= 0.3 is 0 Å². The van der Waals surface area contributed by atoms with Gasteiger partial charge in [0, 0.05) is 31.8 Å². The van der Waals surface area contributed by atoms with Crippen LogP contribution in [0.4, 0.5) is 5.82 Å². The average Bonchev–Trinajstić information content (AvgIpc) is 2.77. The number of ether oxygens (including phenoxy) is 1. The lowest BCUT2D eigenvalue weighted by Gasteiger charge is -2.21. The molecule has 1 aromatic rings. The van der Waals surface area contributed by atoms with Crippen molar-refractivity contribution < 1.29 is 9.84 Å². The van der Waals surface area contributed by atoms with Gasteiger partial charge in [0.15, 0.2) is 11.6 Å². The Morgan fingerprint density at radius 1 is 1.59 bits per heavy atom. The zero-order valence-electron chi connectivity index (χ0n) is 10.5. The van der Waals surface area contributed by atoms with Crippen LogP contribution in [0.2, 0.25) is 0 Å². The van der Waals surface area contributed by atoms with Gasteiger partial charge in [-0.1, -0.05) is 0 Å². The first-order valence-electron chi connectivity index (χ1n) is 6.18. The van der Waals surface area contributed by atoms with Crippen LogP contribution in [-0.2, 0) is 0 Å². The van der Waals surface area contributed by atoms with Gasteiger partial charge in [0.2, 0.25) is 0 Å². The van der Waals surface area contributed by atoms with Gasteiger partial charge in [-0.3, -0.25) is 0 Å². The highest BCUT2D eigenvalue weighted by atomic mass is 16.5. The highest BCUT2D eigenvalue weighted by Gasteiger charge is 2.25. The predicted molar refractivity (Wildman–Crippen MR) is 67.4 cm³/mol. The molecule has 0 amide bonds. The molecular formula is C13H20N2O2. The summed E-state index contributed by atoms with van der Waals surface area (Å²) in [4.78, 5) is 6.59. The van der Waals surface area contributed by atoms with E-state index in [1.54, 1.807) is 6.20 Å². The second kappa shape index (κ2) is 5.36. The number of aliphatic hydroxyl groups is 1. The SMILES string of the molecule is CC(C)Oc1cccnc1N1CCC(CO)C1. The maximum absolute atomic E-state index is 9.17. The molecule has 1 aliphatic rings. The Kier molecular flexibility index (Phi) is 3.84. The fraction of sp³-hybridized carbons (Fsp3) is 0.615. The van der Waals surface area contributed by atoms with Crippen LogP contribution < -0.4 is 9.64 Å². The summed E-state index contributed by atoms with van der Waals surface area (Å²) in [5, 5.41) is 9.17. The van der Waals surface area contributed by atoms with Crippen molar-refractivity contribution in [3.05, 3.63) is 18.3 Å². The minimum atomic E-state index is 0.147. The number of anilines is 1. The Morgan fingerprint density at radius 3 is 3.06 bits per heavy atom. The third kappa shape index (κ3) is 2.88. The highest BCUT2D eigenvalue weighted by molar-refractivity contribution is 5.52. The van der Waals surface area contributed by atoms with Gasteiger partial charge in [0.1, 0.15) is 0 Å². The molecule has 1 aliphatic heterocycles. The van der Waals surface area contributed by atoms with Gasteiger partial charge in [0.25, 0.3) is 0 Å². The third-order valence-electron chi connectivity index (χ3n) is 2.96. The van der Waals surface area contributed by atoms with Crippen LogP contribution in [0.25, 0.3) is 0 Å². The van der Waals surface area contributed by atoms with E-state index in [1.165, 1.54) is 0 Å². The number of rotatable bonds is 4. The van der Waals surface area contributed by atoms with Crippen molar-refractivity contribution in [1.29, 1.82) is 0 Å². The van der Waals surface area contributed by atoms with Crippen LogP contribution in [0.5, 0.6) is 5.75 Å². The van der Waals surface area contributed by atoms with Crippen LogP contribution in [0.1, 0.15) is 20.3 Å². The Morgan fingerprint density at radius 2 is 2.41 bits per heavy atom. The Labute approximate surface area is 102 Å². The molecular weight excluding hydrogens is 216 g/mol. The number of nitrogens with zero attached hydrogens (tertiary/aromatic N) is 2. The van der Waals surface area contributed by atoms with E-state index < -0.39 is 0 Å². The van der Waals surface area contributed by atoms with Crippen LogP contribution in [0.3, 0.4) is 0 Å². The van der Waals surface area contributed by atoms with Gasteiger partial charge in [0.05, 0.1) is 6.10 Å². The van der Waals surface area contributed by atoms with E-state index in [-0.39, 0.29) is 12.7 Å². The van der Waals surface area contributed by atoms with Gasteiger partial charge < -0.3 is 14.7 Å². The molecule has 0 aromatic carbocycles. The molecule has 0 saturated carbocycles. The van der Waals surface area contributed by atoms with Gasteiger partial charge in [-0.2, -0.15) is 0 Å². The topological polar surface area (TPSA) is 45.6 Å². The number of pyridine rings is 1. The Bertz CT molecular complexity index is 368. The van der Waals surface area contributed by atoms with Gasteiger partial charge in [-0.15, -0.1) is 0 Å². The molecule has 1 unspecified atom stereocenters. The molecule has 0 spiro atoms. The largest absolute Gasteiger partial charge is 0.487 e.